The van der Waals surface area contributed by atoms with Crippen LogP contribution in [0.25, 0.3) is 0 Å². The van der Waals surface area contributed by atoms with E-state index >= 15 is 0 Å². The van der Waals surface area contributed by atoms with Crippen molar-refractivity contribution in [2.24, 2.45) is 0 Å². The molecule has 0 fully saturated rings. The van der Waals surface area contributed by atoms with Crippen molar-refractivity contribution >= 4 is 34.9 Å². The van der Waals surface area contributed by atoms with Crippen LogP contribution in [0.4, 0.5) is 27.7 Å². The van der Waals surface area contributed by atoms with Crippen molar-refractivity contribution in [1.29, 1.82) is 0 Å². The van der Waals surface area contributed by atoms with E-state index in [1.807, 2.05) is 0 Å². The number of hydrogen-bond donors (Lipinski definition) is 4. The molecule has 134 valence electrons. The second-order valence-electron chi connectivity index (χ2n) is 5.25. The Morgan fingerprint density at radius 3 is 2.42 bits per heavy atom. The van der Waals surface area contributed by atoms with E-state index in [2.05, 4.69) is 20.3 Å². The molecule has 1 heterocycles. The lowest BCUT2D eigenvalue weighted by atomic mass is 10.2. The zero-order chi connectivity index (χ0) is 18.8. The lowest BCUT2D eigenvalue weighted by molar-refractivity contribution is 0.368. The van der Waals surface area contributed by atoms with Gasteiger partial charge in [-0.3, -0.25) is 0 Å². The number of aromatic hydroxyl groups is 3. The molecule has 0 bridgehead atoms. The summed E-state index contributed by atoms with van der Waals surface area (Å²) in [6, 6.07) is 6.58. The Bertz CT molecular complexity index is 949. The monoisotopic (exact) mass is 377 g/mol. The number of phenolic OH excluding ortho intramolecular Hbond substituents is 3. The largest absolute Gasteiger partial charge is 0.504 e. The molecule has 0 saturated heterocycles. The van der Waals surface area contributed by atoms with Crippen LogP contribution < -0.4 is 10.2 Å². The molecule has 0 atom stereocenters. The summed E-state index contributed by atoms with van der Waals surface area (Å²) in [6.45, 7) is 0. The summed E-state index contributed by atoms with van der Waals surface area (Å²) in [7, 11) is 1.67. The number of rotatable bonds is 4. The molecule has 8 nitrogen and oxygen atoms in total. The van der Waals surface area contributed by atoms with Crippen LogP contribution in [0.2, 0.25) is 5.02 Å². The van der Waals surface area contributed by atoms with Crippen LogP contribution in [-0.2, 0) is 0 Å². The average Bonchev–Trinajstić information content (AvgIpc) is 2.61. The van der Waals surface area contributed by atoms with Gasteiger partial charge in [-0.25, -0.2) is 14.4 Å². The Balaban J connectivity index is 1.87. The molecular weight excluding hydrogens is 365 g/mol. The molecule has 3 rings (SSSR count). The maximum Gasteiger partial charge on any atom is 0.234 e. The first-order chi connectivity index (χ1) is 12.3. The van der Waals surface area contributed by atoms with E-state index in [9.17, 15) is 19.7 Å². The minimum atomic E-state index is -0.625. The van der Waals surface area contributed by atoms with Gasteiger partial charge in [0.25, 0.3) is 0 Å². The lowest BCUT2D eigenvalue weighted by Crippen LogP contribution is -2.14. The minimum absolute atomic E-state index is 0.0307. The molecule has 4 N–H and O–H groups in total. The van der Waals surface area contributed by atoms with Gasteiger partial charge in [0.05, 0.1) is 5.02 Å². The Kier molecular flexibility index (Phi) is 4.63. The van der Waals surface area contributed by atoms with Crippen LogP contribution in [0.15, 0.2) is 36.7 Å². The Labute approximate surface area is 152 Å². The summed E-state index contributed by atoms with van der Waals surface area (Å²) in [5.74, 6) is -1.79. The summed E-state index contributed by atoms with van der Waals surface area (Å²) in [5, 5.41) is 31.2. The van der Waals surface area contributed by atoms with Crippen LogP contribution in [0, 0.1) is 5.82 Å². The highest BCUT2D eigenvalue weighted by molar-refractivity contribution is 6.31. The summed E-state index contributed by atoms with van der Waals surface area (Å²) in [4.78, 5) is 13.8. The number of hydrogen-bond acceptors (Lipinski definition) is 8. The first-order valence-corrected chi connectivity index (χ1v) is 7.62. The molecule has 0 aliphatic rings. The number of benzene rings is 2. The Morgan fingerprint density at radius 1 is 1.08 bits per heavy atom. The van der Waals surface area contributed by atoms with E-state index in [-0.39, 0.29) is 22.6 Å². The first-order valence-electron chi connectivity index (χ1n) is 7.25. The minimum Gasteiger partial charge on any atom is -0.504 e. The first kappa shape index (κ1) is 17.5. The van der Waals surface area contributed by atoms with Crippen molar-refractivity contribution in [3.8, 4) is 17.2 Å². The number of aromatic nitrogens is 3. The van der Waals surface area contributed by atoms with Gasteiger partial charge in [0, 0.05) is 30.6 Å². The van der Waals surface area contributed by atoms with Gasteiger partial charge in [-0.1, -0.05) is 11.6 Å². The number of nitrogens with zero attached hydrogens (tertiary/aromatic N) is 4. The normalized spacial score (nSPS) is 10.6. The van der Waals surface area contributed by atoms with Gasteiger partial charge >= 0.3 is 0 Å². The molecular formula is C16H13ClFN5O3. The lowest BCUT2D eigenvalue weighted by Gasteiger charge is -2.18. The average molecular weight is 378 g/mol. The fourth-order valence-corrected chi connectivity index (χ4v) is 2.30. The SMILES string of the molecule is CN(c1ccc(F)c(Cl)c1)c1ncnc(Nc2cc(O)c(O)c(O)c2)n1. The fourth-order valence-electron chi connectivity index (χ4n) is 2.12. The van der Waals surface area contributed by atoms with Crippen molar-refractivity contribution in [3.63, 3.8) is 0 Å². The second-order valence-corrected chi connectivity index (χ2v) is 5.66. The molecule has 26 heavy (non-hydrogen) atoms. The number of nitrogens with one attached hydrogen (secondary N) is 1. The fraction of sp³-hybridized carbons (Fsp3) is 0.0625. The third-order valence-electron chi connectivity index (χ3n) is 3.48. The van der Waals surface area contributed by atoms with Gasteiger partial charge in [0.2, 0.25) is 11.9 Å². The molecule has 0 aliphatic heterocycles. The summed E-state index contributed by atoms with van der Waals surface area (Å²) in [5.41, 5.74) is 0.816. The standard InChI is InChI=1S/C16H13ClFN5O3/c1-23(9-2-3-11(18)10(17)6-9)16-20-7-19-15(22-16)21-8-4-12(24)14(26)13(25)5-8/h2-7,24-26H,1H3,(H,19,20,21,22). The molecule has 0 amide bonds. The number of phenols is 3. The second kappa shape index (κ2) is 6.89. The molecule has 0 radical (unpaired) electrons. The van der Waals surface area contributed by atoms with Crippen LogP contribution in [-0.4, -0.2) is 37.3 Å². The van der Waals surface area contributed by atoms with E-state index in [0.29, 0.717) is 5.69 Å². The Hall–Kier alpha value is -3.33. The van der Waals surface area contributed by atoms with Crippen LogP contribution in [0.3, 0.4) is 0 Å². The Morgan fingerprint density at radius 2 is 1.77 bits per heavy atom. The summed E-state index contributed by atoms with van der Waals surface area (Å²) >= 11 is 5.79. The van der Waals surface area contributed by atoms with Crippen LogP contribution in [0.1, 0.15) is 0 Å². The third kappa shape index (κ3) is 3.52. The maximum absolute atomic E-state index is 13.3. The van der Waals surface area contributed by atoms with Crippen molar-refractivity contribution in [3.05, 3.63) is 47.5 Å². The quantitative estimate of drug-likeness (QED) is 0.404. The summed E-state index contributed by atoms with van der Waals surface area (Å²) in [6.07, 6.45) is 1.26. The number of halogens is 2. The molecule has 10 heteroatoms. The van der Waals surface area contributed by atoms with Gasteiger partial charge in [0.15, 0.2) is 17.2 Å². The van der Waals surface area contributed by atoms with Crippen LogP contribution in [0.5, 0.6) is 17.2 Å². The van der Waals surface area contributed by atoms with Crippen LogP contribution >= 0.6 is 11.6 Å². The molecule has 3 aromatic rings. The molecule has 0 unspecified atom stereocenters. The van der Waals surface area contributed by atoms with Gasteiger partial charge in [-0.2, -0.15) is 4.98 Å². The molecule has 0 spiro atoms. The van der Waals surface area contributed by atoms with E-state index in [0.717, 1.165) is 0 Å². The highest BCUT2D eigenvalue weighted by Gasteiger charge is 2.12. The van der Waals surface area contributed by atoms with Gasteiger partial charge in [-0.05, 0) is 18.2 Å². The van der Waals surface area contributed by atoms with Gasteiger partial charge < -0.3 is 25.5 Å². The predicted molar refractivity (Wildman–Crippen MR) is 94.0 cm³/mol. The van der Waals surface area contributed by atoms with Gasteiger partial charge in [0.1, 0.15) is 12.1 Å². The topological polar surface area (TPSA) is 115 Å². The van der Waals surface area contributed by atoms with Crippen molar-refractivity contribution in [2.45, 2.75) is 0 Å². The van der Waals surface area contributed by atoms with E-state index in [1.165, 1.54) is 36.7 Å². The van der Waals surface area contributed by atoms with Crippen molar-refractivity contribution < 1.29 is 19.7 Å². The van der Waals surface area contributed by atoms with Crippen molar-refractivity contribution in [1.82, 2.24) is 15.0 Å². The highest BCUT2D eigenvalue weighted by Crippen LogP contribution is 2.38. The van der Waals surface area contributed by atoms with E-state index in [1.54, 1.807) is 11.9 Å². The molecule has 1 aromatic heterocycles. The van der Waals surface area contributed by atoms with E-state index < -0.39 is 23.1 Å². The third-order valence-corrected chi connectivity index (χ3v) is 3.77. The molecule has 0 saturated carbocycles. The molecule has 0 aliphatic carbocycles. The zero-order valence-corrected chi connectivity index (χ0v) is 14.1. The highest BCUT2D eigenvalue weighted by atomic mass is 35.5. The number of anilines is 4. The molecule has 2 aromatic carbocycles. The zero-order valence-electron chi connectivity index (χ0n) is 13.4. The maximum atomic E-state index is 13.3. The van der Waals surface area contributed by atoms with Crippen molar-refractivity contribution in [2.75, 3.05) is 17.3 Å². The van der Waals surface area contributed by atoms with E-state index in [4.69, 9.17) is 11.6 Å². The predicted octanol–water partition coefficient (Wildman–Crippen LogP) is 3.29. The summed E-state index contributed by atoms with van der Waals surface area (Å²) < 4.78 is 13.3. The smallest absolute Gasteiger partial charge is 0.234 e. The van der Waals surface area contributed by atoms with Gasteiger partial charge in [-0.15, -0.1) is 0 Å².